The van der Waals surface area contributed by atoms with E-state index in [1.165, 1.54) is 10.4 Å². The van der Waals surface area contributed by atoms with Crippen molar-refractivity contribution in [3.05, 3.63) is 90.5 Å². The quantitative estimate of drug-likeness (QED) is 0.496. The molecule has 0 unspecified atom stereocenters. The maximum Gasteiger partial charge on any atom is 0.263 e. The Hall–Kier alpha value is -2.27. The summed E-state index contributed by atoms with van der Waals surface area (Å²) >= 11 is 0. The first-order chi connectivity index (χ1) is 15.9. The Balaban J connectivity index is 1.66. The molecule has 33 heavy (non-hydrogen) atoms. The smallest absolute Gasteiger partial charge is 0.263 e. The lowest BCUT2D eigenvalue weighted by atomic mass is 10.0. The number of rotatable bonds is 6. The fourth-order valence-corrected chi connectivity index (χ4v) is 10.5. The van der Waals surface area contributed by atoms with Crippen LogP contribution in [0.1, 0.15) is 11.7 Å². The number of benzene rings is 3. The Labute approximate surface area is 198 Å². The summed E-state index contributed by atoms with van der Waals surface area (Å²) in [4.78, 5) is 6.27. The fraction of sp³-hybridized carbons (Fsp3) is 0.308. The zero-order valence-electron chi connectivity index (χ0n) is 19.6. The molecule has 0 saturated carbocycles. The van der Waals surface area contributed by atoms with Crippen molar-refractivity contribution in [1.29, 1.82) is 0 Å². The largest absolute Gasteiger partial charge is 0.497 e. The van der Waals surface area contributed by atoms with Crippen LogP contribution in [-0.2, 0) is 13.8 Å². The summed E-state index contributed by atoms with van der Waals surface area (Å²) < 4.78 is 19.1. The number of fused-ring (bicyclic) bond motifs is 1. The minimum Gasteiger partial charge on any atom is -0.497 e. The van der Waals surface area contributed by atoms with Crippen LogP contribution in [0.15, 0.2) is 84.9 Å². The molecule has 5 nitrogen and oxygen atoms in total. The van der Waals surface area contributed by atoms with E-state index >= 15 is 0 Å². The van der Waals surface area contributed by atoms with E-state index in [0.717, 1.165) is 11.3 Å². The summed E-state index contributed by atoms with van der Waals surface area (Å²) in [7, 11) is -2.86. The SMILES string of the molecule is COc1ccc([C@H]2O[Si](c3ccccc3)(c3ccccc3)[C@@H]3CON(O[Si](C)(C)C)[C@H]23)cc1. The zero-order chi connectivity index (χ0) is 23.1. The van der Waals surface area contributed by atoms with Crippen molar-refractivity contribution in [2.24, 2.45) is 0 Å². The van der Waals surface area contributed by atoms with E-state index < -0.39 is 16.6 Å². The molecule has 0 bridgehead atoms. The summed E-state index contributed by atoms with van der Waals surface area (Å²) in [6.07, 6.45) is -0.174. The van der Waals surface area contributed by atoms with Crippen LogP contribution in [0.2, 0.25) is 25.2 Å². The Kier molecular flexibility index (Phi) is 6.02. The van der Waals surface area contributed by atoms with Crippen molar-refractivity contribution in [3.63, 3.8) is 0 Å². The number of hydrogen-bond donors (Lipinski definition) is 0. The highest BCUT2D eigenvalue weighted by Gasteiger charge is 2.65. The number of nitrogens with zero attached hydrogens (tertiary/aromatic N) is 1. The van der Waals surface area contributed by atoms with Crippen molar-refractivity contribution in [2.45, 2.75) is 37.3 Å². The summed E-state index contributed by atoms with van der Waals surface area (Å²) in [5.41, 5.74) is 1.30. The van der Waals surface area contributed by atoms with Crippen LogP contribution in [0.4, 0.5) is 0 Å². The van der Waals surface area contributed by atoms with Gasteiger partial charge in [-0.15, -0.1) is 0 Å². The number of methoxy groups -OCH3 is 1. The van der Waals surface area contributed by atoms with Crippen LogP contribution < -0.4 is 15.1 Å². The van der Waals surface area contributed by atoms with Gasteiger partial charge in [-0.2, -0.15) is 0 Å². The molecule has 2 aliphatic rings. The third-order valence-corrected chi connectivity index (χ3v) is 11.7. The first-order valence-corrected chi connectivity index (χ1v) is 16.9. The van der Waals surface area contributed by atoms with Gasteiger partial charge in [-0.25, -0.2) is 0 Å². The van der Waals surface area contributed by atoms with Crippen molar-refractivity contribution in [2.75, 3.05) is 13.7 Å². The highest BCUT2D eigenvalue weighted by molar-refractivity contribution is 6.99. The molecule has 0 spiro atoms. The lowest BCUT2D eigenvalue weighted by Gasteiger charge is -2.32. The van der Waals surface area contributed by atoms with E-state index in [1.807, 2.05) is 12.1 Å². The third kappa shape index (κ3) is 4.09. The molecule has 172 valence electrons. The predicted molar refractivity (Wildman–Crippen MR) is 134 cm³/mol. The molecule has 0 amide bonds. The number of hydrogen-bond acceptors (Lipinski definition) is 5. The fourth-order valence-electron chi connectivity index (χ4n) is 5.04. The van der Waals surface area contributed by atoms with E-state index in [9.17, 15) is 0 Å². The van der Waals surface area contributed by atoms with Crippen molar-refractivity contribution >= 4 is 27.0 Å². The molecule has 2 saturated heterocycles. The van der Waals surface area contributed by atoms with Gasteiger partial charge in [-0.1, -0.05) is 78.0 Å². The number of hydroxylamine groups is 2. The molecule has 3 aromatic rings. The monoisotopic (exact) mass is 477 g/mol. The van der Waals surface area contributed by atoms with Crippen molar-refractivity contribution < 1.29 is 18.5 Å². The van der Waals surface area contributed by atoms with Gasteiger partial charge in [-0.3, -0.25) is 4.84 Å². The summed E-state index contributed by atoms with van der Waals surface area (Å²) in [6.45, 7) is 7.13. The first kappa shape index (κ1) is 22.5. The molecule has 7 heteroatoms. The molecule has 3 atom stereocenters. The van der Waals surface area contributed by atoms with Crippen LogP contribution in [0.3, 0.4) is 0 Å². The first-order valence-electron chi connectivity index (χ1n) is 11.5. The van der Waals surface area contributed by atoms with E-state index in [4.69, 9.17) is 18.5 Å². The van der Waals surface area contributed by atoms with Crippen LogP contribution in [0.5, 0.6) is 5.75 Å². The lowest BCUT2D eigenvalue weighted by molar-refractivity contribution is -0.318. The second-order valence-corrected chi connectivity index (χ2v) is 17.7. The molecule has 2 aliphatic heterocycles. The Morgan fingerprint density at radius 3 is 1.94 bits per heavy atom. The van der Waals surface area contributed by atoms with Gasteiger partial charge in [0.1, 0.15) is 5.75 Å². The Morgan fingerprint density at radius 1 is 0.848 bits per heavy atom. The van der Waals surface area contributed by atoms with Gasteiger partial charge < -0.3 is 13.7 Å². The highest BCUT2D eigenvalue weighted by atomic mass is 28.4. The van der Waals surface area contributed by atoms with Crippen LogP contribution in [0, 0.1) is 0 Å². The zero-order valence-corrected chi connectivity index (χ0v) is 21.6. The van der Waals surface area contributed by atoms with Gasteiger partial charge in [0.25, 0.3) is 8.32 Å². The van der Waals surface area contributed by atoms with E-state index in [-0.39, 0.29) is 17.7 Å². The van der Waals surface area contributed by atoms with Gasteiger partial charge in [0, 0.05) is 5.54 Å². The topological polar surface area (TPSA) is 40.2 Å². The van der Waals surface area contributed by atoms with E-state index in [1.54, 1.807) is 12.3 Å². The predicted octanol–water partition coefficient (Wildman–Crippen LogP) is 4.28. The Bertz CT molecular complexity index is 1030. The second-order valence-electron chi connectivity index (χ2n) is 9.66. The van der Waals surface area contributed by atoms with Gasteiger partial charge in [0.15, 0.2) is 0 Å². The maximum absolute atomic E-state index is 7.30. The van der Waals surface area contributed by atoms with E-state index in [0.29, 0.717) is 6.61 Å². The number of ether oxygens (including phenoxy) is 1. The minimum atomic E-state index is -2.66. The third-order valence-electron chi connectivity index (χ3n) is 6.40. The molecule has 0 aromatic heterocycles. The lowest BCUT2D eigenvalue weighted by Crippen LogP contribution is -2.62. The van der Waals surface area contributed by atoms with Gasteiger partial charge >= 0.3 is 0 Å². The van der Waals surface area contributed by atoms with Gasteiger partial charge in [-0.05, 0) is 47.7 Å². The molecule has 2 fully saturated rings. The van der Waals surface area contributed by atoms with Crippen LogP contribution in [0.25, 0.3) is 0 Å². The summed E-state index contributed by atoms with van der Waals surface area (Å²) in [5.74, 6) is 0.834. The molecular weight excluding hydrogens is 446 g/mol. The van der Waals surface area contributed by atoms with Crippen molar-refractivity contribution in [1.82, 2.24) is 5.23 Å². The van der Waals surface area contributed by atoms with Crippen LogP contribution >= 0.6 is 0 Å². The Morgan fingerprint density at radius 2 is 1.42 bits per heavy atom. The van der Waals surface area contributed by atoms with Gasteiger partial charge in [0.2, 0.25) is 8.32 Å². The second kappa shape index (κ2) is 8.83. The summed E-state index contributed by atoms with van der Waals surface area (Å²) in [6, 6.07) is 29.6. The molecule has 0 radical (unpaired) electrons. The molecule has 3 aromatic carbocycles. The highest BCUT2D eigenvalue weighted by Crippen LogP contribution is 2.51. The summed E-state index contributed by atoms with van der Waals surface area (Å²) in [5, 5.41) is 4.31. The van der Waals surface area contributed by atoms with Crippen LogP contribution in [-0.4, -0.2) is 41.6 Å². The molecule has 0 N–H and O–H groups in total. The van der Waals surface area contributed by atoms with E-state index in [2.05, 4.69) is 92.4 Å². The average molecular weight is 478 g/mol. The molecule has 5 rings (SSSR count). The minimum absolute atomic E-state index is 0.0304. The van der Waals surface area contributed by atoms with Crippen molar-refractivity contribution in [3.8, 4) is 5.75 Å². The molecular formula is C26H31NO4Si2. The molecule has 2 heterocycles. The van der Waals surface area contributed by atoms with Gasteiger partial charge in [0.05, 0.1) is 25.9 Å². The normalized spacial score (nSPS) is 24.5. The average Bonchev–Trinajstić information content (AvgIpc) is 3.39. The maximum atomic E-state index is 7.30. The standard InChI is InChI=1S/C26H31NO4Si2/c1-28-21-17-15-20(16-18-21)26-25-24(19-29-27(25)31-32(2,3)4)33(30-26,22-11-7-5-8-12-22)23-13-9-6-10-14-23/h5-18,24-26H,19H2,1-4H3/t24-,25+,26-/m1/s1. The molecule has 0 aliphatic carbocycles.